The van der Waals surface area contributed by atoms with Crippen LogP contribution in [0, 0.1) is 0 Å². The van der Waals surface area contributed by atoms with Gasteiger partial charge >= 0.3 is 12.0 Å². The minimum Gasteiger partial charge on any atom is -0.478 e. The summed E-state index contributed by atoms with van der Waals surface area (Å²) in [5.74, 6) is -1.03. The second kappa shape index (κ2) is 8.43. The number of benzene rings is 1. The Kier molecular flexibility index (Phi) is 6.90. The van der Waals surface area contributed by atoms with Gasteiger partial charge in [-0.1, -0.05) is 12.2 Å². The van der Waals surface area contributed by atoms with E-state index in [-0.39, 0.29) is 5.56 Å². The molecule has 7 heteroatoms. The van der Waals surface area contributed by atoms with Gasteiger partial charge in [-0.15, -0.1) is 0 Å². The fraction of sp³-hybridized carbons (Fsp3) is 0.286. The first-order valence-electron chi connectivity index (χ1n) is 6.20. The standard InChI is InChI=1S/C14H17BrN2O4/c1-9(2)8-21-6-5-16-14(20)17-12-4-3-10(13(18)19)7-11(12)15/h3-4,7H,1,5-6,8H2,2H3,(H,18,19)(H2,16,17,20). The minimum absolute atomic E-state index is 0.140. The number of aromatic carboxylic acids is 1. The third-order valence-electron chi connectivity index (χ3n) is 2.34. The van der Waals surface area contributed by atoms with Gasteiger partial charge in [0.1, 0.15) is 0 Å². The largest absolute Gasteiger partial charge is 0.478 e. The number of amides is 2. The fourth-order valence-electron chi connectivity index (χ4n) is 1.40. The summed E-state index contributed by atoms with van der Waals surface area (Å²) in [6, 6.07) is 3.97. The third kappa shape index (κ3) is 6.42. The number of hydrogen-bond acceptors (Lipinski definition) is 3. The number of carbonyl (C=O) groups excluding carboxylic acids is 1. The van der Waals surface area contributed by atoms with Crippen molar-refractivity contribution < 1.29 is 19.4 Å². The van der Waals surface area contributed by atoms with Crippen LogP contribution in [-0.2, 0) is 4.74 Å². The number of ether oxygens (including phenoxy) is 1. The van der Waals surface area contributed by atoms with Crippen LogP contribution >= 0.6 is 15.9 Å². The summed E-state index contributed by atoms with van der Waals surface area (Å²) >= 11 is 3.21. The average molecular weight is 357 g/mol. The van der Waals surface area contributed by atoms with Crippen molar-refractivity contribution in [2.75, 3.05) is 25.1 Å². The van der Waals surface area contributed by atoms with Crippen molar-refractivity contribution >= 4 is 33.6 Å². The van der Waals surface area contributed by atoms with Crippen LogP contribution in [-0.4, -0.2) is 36.9 Å². The van der Waals surface area contributed by atoms with Crippen LogP contribution in [0.15, 0.2) is 34.8 Å². The molecule has 0 aliphatic carbocycles. The molecule has 6 nitrogen and oxygen atoms in total. The van der Waals surface area contributed by atoms with Gasteiger partial charge < -0.3 is 20.5 Å². The van der Waals surface area contributed by atoms with Crippen LogP contribution in [0.3, 0.4) is 0 Å². The summed E-state index contributed by atoms with van der Waals surface area (Å²) in [5, 5.41) is 14.1. The average Bonchev–Trinajstić information content (AvgIpc) is 2.40. The normalized spacial score (nSPS) is 10.0. The molecule has 1 aromatic carbocycles. The molecule has 0 unspecified atom stereocenters. The molecule has 3 N–H and O–H groups in total. The molecule has 21 heavy (non-hydrogen) atoms. The maximum atomic E-state index is 11.6. The van der Waals surface area contributed by atoms with E-state index in [1.807, 2.05) is 6.92 Å². The molecule has 0 bridgehead atoms. The summed E-state index contributed by atoms with van der Waals surface area (Å²) in [6.45, 7) is 6.78. The zero-order valence-electron chi connectivity index (χ0n) is 11.6. The molecule has 114 valence electrons. The third-order valence-corrected chi connectivity index (χ3v) is 3.00. The van der Waals surface area contributed by atoms with Crippen LogP contribution in [0.25, 0.3) is 0 Å². The SMILES string of the molecule is C=C(C)COCCNC(=O)Nc1ccc(C(=O)O)cc1Br. The second-order valence-electron chi connectivity index (χ2n) is 4.39. The lowest BCUT2D eigenvalue weighted by Gasteiger charge is -2.10. The first kappa shape index (κ1) is 17.2. The van der Waals surface area contributed by atoms with E-state index in [1.165, 1.54) is 18.2 Å². The molecule has 0 aliphatic rings. The van der Waals surface area contributed by atoms with Crippen molar-refractivity contribution in [2.24, 2.45) is 0 Å². The number of carbonyl (C=O) groups is 2. The van der Waals surface area contributed by atoms with Gasteiger partial charge in [-0.05, 0) is 41.1 Å². The fourth-order valence-corrected chi connectivity index (χ4v) is 1.88. The molecule has 0 saturated carbocycles. The molecule has 0 fully saturated rings. The topological polar surface area (TPSA) is 87.7 Å². The van der Waals surface area contributed by atoms with Gasteiger partial charge in [-0.3, -0.25) is 0 Å². The summed E-state index contributed by atoms with van der Waals surface area (Å²) in [6.07, 6.45) is 0. The molecule has 0 aliphatic heterocycles. The Morgan fingerprint density at radius 2 is 2.14 bits per heavy atom. The van der Waals surface area contributed by atoms with Crippen LogP contribution in [0.2, 0.25) is 0 Å². The van der Waals surface area contributed by atoms with Gasteiger partial charge in [0.25, 0.3) is 0 Å². The molecular formula is C14H17BrN2O4. The predicted octanol–water partition coefficient (Wildman–Crippen LogP) is 2.86. The summed E-state index contributed by atoms with van der Waals surface area (Å²) in [5.41, 5.74) is 1.54. The van der Waals surface area contributed by atoms with Crippen LogP contribution in [0.5, 0.6) is 0 Å². The van der Waals surface area contributed by atoms with E-state index in [2.05, 4.69) is 33.1 Å². The second-order valence-corrected chi connectivity index (χ2v) is 5.24. The first-order valence-corrected chi connectivity index (χ1v) is 6.99. The first-order chi connectivity index (χ1) is 9.90. The molecule has 1 rings (SSSR count). The Balaban J connectivity index is 2.41. The lowest BCUT2D eigenvalue weighted by atomic mass is 10.2. The highest BCUT2D eigenvalue weighted by Gasteiger charge is 2.08. The molecule has 0 aromatic heterocycles. The van der Waals surface area contributed by atoms with Crippen LogP contribution < -0.4 is 10.6 Å². The highest BCUT2D eigenvalue weighted by atomic mass is 79.9. The highest BCUT2D eigenvalue weighted by Crippen LogP contribution is 2.23. The van der Waals surface area contributed by atoms with Crippen molar-refractivity contribution in [2.45, 2.75) is 6.92 Å². The molecule has 0 atom stereocenters. The number of carboxylic acids is 1. The Morgan fingerprint density at radius 1 is 1.43 bits per heavy atom. The predicted molar refractivity (Wildman–Crippen MR) is 83.8 cm³/mol. The Morgan fingerprint density at radius 3 is 2.71 bits per heavy atom. The molecule has 0 radical (unpaired) electrons. The molecule has 0 saturated heterocycles. The van der Waals surface area contributed by atoms with Gasteiger partial charge in [0.2, 0.25) is 0 Å². The smallest absolute Gasteiger partial charge is 0.335 e. The Labute approximate surface area is 131 Å². The maximum absolute atomic E-state index is 11.6. The lowest BCUT2D eigenvalue weighted by Crippen LogP contribution is -2.31. The Bertz CT molecular complexity index is 546. The van der Waals surface area contributed by atoms with Crippen molar-refractivity contribution in [1.29, 1.82) is 0 Å². The van der Waals surface area contributed by atoms with Gasteiger partial charge in [0.05, 0.1) is 24.5 Å². The number of halogens is 1. The van der Waals surface area contributed by atoms with Gasteiger partial charge in [0.15, 0.2) is 0 Å². The van der Waals surface area contributed by atoms with Crippen molar-refractivity contribution in [3.05, 3.63) is 40.4 Å². The number of urea groups is 1. The van der Waals surface area contributed by atoms with E-state index >= 15 is 0 Å². The number of hydrogen-bond donors (Lipinski definition) is 3. The van der Waals surface area contributed by atoms with Gasteiger partial charge in [-0.2, -0.15) is 0 Å². The molecule has 0 spiro atoms. The zero-order valence-corrected chi connectivity index (χ0v) is 13.2. The maximum Gasteiger partial charge on any atom is 0.335 e. The van der Waals surface area contributed by atoms with Gasteiger partial charge in [0, 0.05) is 11.0 Å². The summed E-state index contributed by atoms with van der Waals surface area (Å²) < 4.78 is 5.74. The number of anilines is 1. The van der Waals surface area contributed by atoms with E-state index in [1.54, 1.807) is 0 Å². The lowest BCUT2D eigenvalue weighted by molar-refractivity contribution is 0.0697. The molecular weight excluding hydrogens is 340 g/mol. The van der Waals surface area contributed by atoms with Crippen molar-refractivity contribution in [3.63, 3.8) is 0 Å². The summed E-state index contributed by atoms with van der Waals surface area (Å²) in [7, 11) is 0. The minimum atomic E-state index is -1.03. The van der Waals surface area contributed by atoms with E-state index in [9.17, 15) is 9.59 Å². The summed E-state index contributed by atoms with van der Waals surface area (Å²) in [4.78, 5) is 22.4. The monoisotopic (exact) mass is 356 g/mol. The molecule has 0 heterocycles. The van der Waals surface area contributed by atoms with E-state index in [0.717, 1.165) is 5.57 Å². The van der Waals surface area contributed by atoms with Gasteiger partial charge in [-0.25, -0.2) is 9.59 Å². The zero-order chi connectivity index (χ0) is 15.8. The van der Waals surface area contributed by atoms with E-state index < -0.39 is 12.0 Å². The molecule has 1 aromatic rings. The number of rotatable bonds is 7. The highest BCUT2D eigenvalue weighted by molar-refractivity contribution is 9.10. The van der Waals surface area contributed by atoms with E-state index in [4.69, 9.17) is 9.84 Å². The molecule has 2 amide bonds. The van der Waals surface area contributed by atoms with Crippen molar-refractivity contribution in [1.82, 2.24) is 5.32 Å². The van der Waals surface area contributed by atoms with Crippen molar-refractivity contribution in [3.8, 4) is 0 Å². The number of carboxylic acid groups (broad SMARTS) is 1. The van der Waals surface area contributed by atoms with E-state index in [0.29, 0.717) is 29.9 Å². The quantitative estimate of drug-likeness (QED) is 0.517. The van der Waals surface area contributed by atoms with Crippen LogP contribution in [0.1, 0.15) is 17.3 Å². The number of nitrogens with one attached hydrogen (secondary N) is 2. The Hall–Kier alpha value is -1.86. The van der Waals surface area contributed by atoms with Crippen LogP contribution in [0.4, 0.5) is 10.5 Å².